The Hall–Kier alpha value is -2.11. The summed E-state index contributed by atoms with van der Waals surface area (Å²) in [4.78, 5) is 26.6. The number of hydrogen-bond acceptors (Lipinski definition) is 5. The largest absolute Gasteiger partial charge is 0.481 e. The van der Waals surface area contributed by atoms with Crippen molar-refractivity contribution in [3.63, 3.8) is 0 Å². The second kappa shape index (κ2) is 8.07. The zero-order valence-corrected chi connectivity index (χ0v) is 11.1. The highest BCUT2D eigenvalue weighted by Gasteiger charge is 2.07. The van der Waals surface area contributed by atoms with Crippen LogP contribution in [0.2, 0.25) is 0 Å². The average molecular weight is 266 g/mol. The third kappa shape index (κ3) is 5.85. The maximum absolute atomic E-state index is 11.5. The summed E-state index contributed by atoms with van der Waals surface area (Å²) in [7, 11) is 1.53. The minimum absolute atomic E-state index is 0.0966. The highest BCUT2D eigenvalue weighted by molar-refractivity contribution is 5.81. The molecule has 1 aromatic heterocycles. The number of nitrogens with one attached hydrogen (secondary N) is 1. The highest BCUT2D eigenvalue weighted by atomic mass is 16.5. The Morgan fingerprint density at radius 1 is 1.37 bits per heavy atom. The lowest BCUT2D eigenvalue weighted by molar-refractivity contribution is -0.144. The quantitative estimate of drug-likeness (QED) is 0.746. The van der Waals surface area contributed by atoms with E-state index in [0.717, 1.165) is 5.56 Å². The van der Waals surface area contributed by atoms with Gasteiger partial charge in [-0.2, -0.15) is 0 Å². The number of amides is 1. The van der Waals surface area contributed by atoms with Crippen LogP contribution in [-0.4, -0.2) is 30.6 Å². The van der Waals surface area contributed by atoms with Crippen molar-refractivity contribution in [2.45, 2.75) is 26.3 Å². The Kier molecular flexibility index (Phi) is 6.35. The van der Waals surface area contributed by atoms with E-state index in [2.05, 4.69) is 10.3 Å². The van der Waals surface area contributed by atoms with Crippen LogP contribution < -0.4 is 10.1 Å². The molecule has 6 nitrogen and oxygen atoms in total. The molecule has 0 saturated heterocycles. The SMILES string of the molecule is CCOC(=O)CCC(=O)NCc1ccnc(OC)c1. The summed E-state index contributed by atoms with van der Waals surface area (Å²) in [5, 5.41) is 2.72. The van der Waals surface area contributed by atoms with Crippen LogP contribution in [0, 0.1) is 0 Å². The van der Waals surface area contributed by atoms with Gasteiger partial charge in [-0.15, -0.1) is 0 Å². The second-order valence-electron chi connectivity index (χ2n) is 3.79. The maximum atomic E-state index is 11.5. The van der Waals surface area contributed by atoms with Crippen LogP contribution in [0.25, 0.3) is 0 Å². The van der Waals surface area contributed by atoms with Gasteiger partial charge in [-0.25, -0.2) is 4.98 Å². The molecule has 0 saturated carbocycles. The molecule has 0 aromatic carbocycles. The van der Waals surface area contributed by atoms with Gasteiger partial charge in [0.15, 0.2) is 0 Å². The van der Waals surface area contributed by atoms with E-state index in [1.54, 1.807) is 25.3 Å². The summed E-state index contributed by atoms with van der Waals surface area (Å²) in [6, 6.07) is 3.53. The molecule has 1 heterocycles. The number of pyridine rings is 1. The van der Waals surface area contributed by atoms with Crippen LogP contribution in [0.5, 0.6) is 5.88 Å². The van der Waals surface area contributed by atoms with Crippen LogP contribution in [0.15, 0.2) is 18.3 Å². The van der Waals surface area contributed by atoms with E-state index < -0.39 is 0 Å². The molecule has 0 aliphatic carbocycles. The smallest absolute Gasteiger partial charge is 0.306 e. The minimum Gasteiger partial charge on any atom is -0.481 e. The molecule has 1 rings (SSSR count). The van der Waals surface area contributed by atoms with Crippen molar-refractivity contribution in [2.24, 2.45) is 0 Å². The summed E-state index contributed by atoms with van der Waals surface area (Å²) >= 11 is 0. The molecule has 1 aromatic rings. The van der Waals surface area contributed by atoms with Crippen molar-refractivity contribution in [3.8, 4) is 5.88 Å². The Bertz CT molecular complexity index is 434. The molecular formula is C13H18N2O4. The third-order valence-electron chi connectivity index (χ3n) is 2.36. The number of hydrogen-bond donors (Lipinski definition) is 1. The van der Waals surface area contributed by atoms with Gasteiger partial charge in [0, 0.05) is 25.2 Å². The fourth-order valence-corrected chi connectivity index (χ4v) is 1.41. The van der Waals surface area contributed by atoms with E-state index in [1.165, 1.54) is 7.11 Å². The van der Waals surface area contributed by atoms with Crippen LogP contribution in [0.1, 0.15) is 25.3 Å². The average Bonchev–Trinajstić information content (AvgIpc) is 2.43. The Morgan fingerprint density at radius 3 is 2.84 bits per heavy atom. The molecule has 0 aliphatic heterocycles. The predicted octanol–water partition coefficient (Wildman–Crippen LogP) is 1.05. The highest BCUT2D eigenvalue weighted by Crippen LogP contribution is 2.08. The minimum atomic E-state index is -0.358. The summed E-state index contributed by atoms with van der Waals surface area (Å²) < 4.78 is 9.72. The maximum Gasteiger partial charge on any atom is 0.306 e. The van der Waals surface area contributed by atoms with Crippen LogP contribution in [0.3, 0.4) is 0 Å². The van der Waals surface area contributed by atoms with Crippen molar-refractivity contribution in [2.75, 3.05) is 13.7 Å². The van der Waals surface area contributed by atoms with Gasteiger partial charge in [0.2, 0.25) is 11.8 Å². The molecule has 0 aliphatic rings. The van der Waals surface area contributed by atoms with Crippen LogP contribution >= 0.6 is 0 Å². The van der Waals surface area contributed by atoms with E-state index in [1.807, 2.05) is 0 Å². The molecule has 104 valence electrons. The van der Waals surface area contributed by atoms with Gasteiger partial charge in [-0.3, -0.25) is 9.59 Å². The number of carbonyl (C=O) groups is 2. The van der Waals surface area contributed by atoms with Crippen LogP contribution in [0.4, 0.5) is 0 Å². The summed E-state index contributed by atoms with van der Waals surface area (Å²) in [5.41, 5.74) is 0.885. The molecule has 0 atom stereocenters. The fourth-order valence-electron chi connectivity index (χ4n) is 1.41. The number of ether oxygens (including phenoxy) is 2. The van der Waals surface area contributed by atoms with Crippen molar-refractivity contribution >= 4 is 11.9 Å². The molecular weight excluding hydrogens is 248 g/mol. The molecule has 0 bridgehead atoms. The Balaban J connectivity index is 2.31. The van der Waals surface area contributed by atoms with Gasteiger partial charge in [-0.1, -0.05) is 0 Å². The number of rotatable bonds is 7. The molecule has 0 fully saturated rings. The van der Waals surface area contributed by atoms with E-state index in [9.17, 15) is 9.59 Å². The monoisotopic (exact) mass is 266 g/mol. The number of aromatic nitrogens is 1. The second-order valence-corrected chi connectivity index (χ2v) is 3.79. The number of nitrogens with zero attached hydrogens (tertiary/aromatic N) is 1. The van der Waals surface area contributed by atoms with Crippen molar-refractivity contribution < 1.29 is 19.1 Å². The molecule has 0 unspecified atom stereocenters. The molecule has 0 spiro atoms. The first-order chi connectivity index (χ1) is 9.15. The predicted molar refractivity (Wildman–Crippen MR) is 68.5 cm³/mol. The van der Waals surface area contributed by atoms with Crippen molar-refractivity contribution in [3.05, 3.63) is 23.9 Å². The van der Waals surface area contributed by atoms with Gasteiger partial charge in [-0.05, 0) is 18.6 Å². The van der Waals surface area contributed by atoms with Crippen molar-refractivity contribution in [1.29, 1.82) is 0 Å². The molecule has 1 N–H and O–H groups in total. The van der Waals surface area contributed by atoms with E-state index in [0.29, 0.717) is 19.0 Å². The summed E-state index contributed by atoms with van der Waals surface area (Å²) in [5.74, 6) is -0.0506. The molecule has 0 radical (unpaired) electrons. The first-order valence-corrected chi connectivity index (χ1v) is 6.07. The lowest BCUT2D eigenvalue weighted by Gasteiger charge is -2.06. The normalized spacial score (nSPS) is 9.79. The zero-order chi connectivity index (χ0) is 14.1. The fraction of sp³-hybridized carbons (Fsp3) is 0.462. The lowest BCUT2D eigenvalue weighted by Crippen LogP contribution is -2.23. The number of esters is 1. The van der Waals surface area contributed by atoms with Gasteiger partial charge >= 0.3 is 5.97 Å². The van der Waals surface area contributed by atoms with Gasteiger partial charge in [0.25, 0.3) is 0 Å². The topological polar surface area (TPSA) is 77.5 Å². The molecule has 1 amide bonds. The van der Waals surface area contributed by atoms with Gasteiger partial charge in [0.05, 0.1) is 20.1 Å². The van der Waals surface area contributed by atoms with Crippen molar-refractivity contribution in [1.82, 2.24) is 10.3 Å². The first kappa shape index (κ1) is 14.9. The van der Waals surface area contributed by atoms with E-state index >= 15 is 0 Å². The summed E-state index contributed by atoms with van der Waals surface area (Å²) in [6.45, 7) is 2.44. The standard InChI is InChI=1S/C13H18N2O4/c1-3-19-13(17)5-4-11(16)15-9-10-6-7-14-12(8-10)18-2/h6-8H,3-5,9H2,1-2H3,(H,15,16). The van der Waals surface area contributed by atoms with Crippen LogP contribution in [-0.2, 0) is 20.9 Å². The van der Waals surface area contributed by atoms with E-state index in [4.69, 9.17) is 9.47 Å². The lowest BCUT2D eigenvalue weighted by atomic mass is 10.2. The Labute approximate surface area is 112 Å². The molecule has 19 heavy (non-hydrogen) atoms. The third-order valence-corrected chi connectivity index (χ3v) is 2.36. The van der Waals surface area contributed by atoms with Gasteiger partial charge in [0.1, 0.15) is 0 Å². The number of carbonyl (C=O) groups excluding carboxylic acids is 2. The zero-order valence-electron chi connectivity index (χ0n) is 11.1. The molecule has 6 heteroatoms. The van der Waals surface area contributed by atoms with E-state index in [-0.39, 0.29) is 24.7 Å². The Morgan fingerprint density at radius 2 is 2.16 bits per heavy atom. The van der Waals surface area contributed by atoms with Gasteiger partial charge < -0.3 is 14.8 Å². The number of methoxy groups -OCH3 is 1. The first-order valence-electron chi connectivity index (χ1n) is 6.07. The summed E-state index contributed by atoms with van der Waals surface area (Å²) in [6.07, 6.45) is 1.83.